The average molecular weight is 122 g/mol. The molecule has 0 rings (SSSR count). The maximum atomic E-state index is 9.59. The van der Waals surface area contributed by atoms with Crippen molar-refractivity contribution in [2.75, 3.05) is 0 Å². The Morgan fingerprint density at radius 3 is 2.50 bits per heavy atom. The standard InChI is InChI=1S/C2H2O2S2/c3-2(6)4-1-5/h1H,(H,3,6). The molecule has 0 atom stereocenters. The molecule has 2 nitrogen and oxygen atoms in total. The van der Waals surface area contributed by atoms with Crippen LogP contribution in [0.25, 0.3) is 0 Å². The normalized spacial score (nSPS) is 6.83. The highest BCUT2D eigenvalue weighted by atomic mass is 32.1. The van der Waals surface area contributed by atoms with Crippen LogP contribution in [0.4, 0.5) is 4.79 Å². The molecule has 0 radical (unpaired) electrons. The molecule has 0 N–H and O–H groups in total. The largest absolute Gasteiger partial charge is 0.415 e. The number of hydrogen-bond acceptors (Lipinski definition) is 3. The Hall–Kier alpha value is -0.0900. The fourth-order valence-corrected chi connectivity index (χ4v) is 0.253. The van der Waals surface area contributed by atoms with Gasteiger partial charge in [-0.15, -0.1) is 0 Å². The van der Waals surface area contributed by atoms with Crippen molar-refractivity contribution in [2.24, 2.45) is 0 Å². The Morgan fingerprint density at radius 1 is 2.00 bits per heavy atom. The van der Waals surface area contributed by atoms with Gasteiger partial charge in [0.15, 0.2) is 5.55 Å². The van der Waals surface area contributed by atoms with Gasteiger partial charge in [-0.2, -0.15) is 0 Å². The van der Waals surface area contributed by atoms with Crippen LogP contribution in [-0.4, -0.2) is 10.9 Å². The predicted octanol–water partition coefficient (Wildman–Crippen LogP) is 1.01. The summed E-state index contributed by atoms with van der Waals surface area (Å²) in [6.07, 6.45) is 0. The van der Waals surface area contributed by atoms with Gasteiger partial charge < -0.3 is 4.74 Å². The predicted molar refractivity (Wildman–Crippen MR) is 29.1 cm³/mol. The lowest BCUT2D eigenvalue weighted by molar-refractivity contribution is 0.228. The van der Waals surface area contributed by atoms with Crippen molar-refractivity contribution >= 4 is 35.7 Å². The van der Waals surface area contributed by atoms with Crippen LogP contribution in [-0.2, 0) is 4.74 Å². The molecule has 34 valence electrons. The average Bonchev–Trinajstić information content (AvgIpc) is 1.35. The van der Waals surface area contributed by atoms with Crippen LogP contribution in [0.3, 0.4) is 0 Å². The molecule has 0 fully saturated rings. The third-order valence-corrected chi connectivity index (χ3v) is 0.351. The quantitative estimate of drug-likeness (QED) is 0.319. The van der Waals surface area contributed by atoms with Gasteiger partial charge in [0.25, 0.3) is 0 Å². The van der Waals surface area contributed by atoms with Gasteiger partial charge >= 0.3 is 5.30 Å². The topological polar surface area (TPSA) is 26.3 Å². The number of thiol groups is 1. The fourth-order valence-electron chi connectivity index (χ4n) is 0.0412. The zero-order chi connectivity index (χ0) is 4.99. The van der Waals surface area contributed by atoms with Gasteiger partial charge in [-0.1, -0.05) is 12.6 Å². The van der Waals surface area contributed by atoms with Crippen LogP contribution < -0.4 is 0 Å². The highest BCUT2D eigenvalue weighted by Gasteiger charge is 1.81. The van der Waals surface area contributed by atoms with Crippen LogP contribution in [0.1, 0.15) is 0 Å². The van der Waals surface area contributed by atoms with E-state index in [9.17, 15) is 4.79 Å². The SMILES string of the molecule is O=C(S)OC=S. The third-order valence-electron chi connectivity index (χ3n) is 0.149. The first-order valence-electron chi connectivity index (χ1n) is 1.10. The van der Waals surface area contributed by atoms with E-state index in [0.717, 1.165) is 5.55 Å². The van der Waals surface area contributed by atoms with Crippen LogP contribution in [0.5, 0.6) is 0 Å². The molecule has 0 aliphatic carbocycles. The fraction of sp³-hybridized carbons (Fsp3) is 0. The van der Waals surface area contributed by atoms with E-state index in [1.54, 1.807) is 0 Å². The second-order valence-electron chi connectivity index (χ2n) is 0.480. The van der Waals surface area contributed by atoms with E-state index in [2.05, 4.69) is 29.6 Å². The number of rotatable bonds is 1. The molecular formula is C2H2O2S2. The smallest absolute Gasteiger partial charge is 0.369 e. The first kappa shape index (κ1) is 5.91. The maximum absolute atomic E-state index is 9.59. The minimum absolute atomic E-state index is 0.676. The molecule has 0 aromatic heterocycles. The summed E-state index contributed by atoms with van der Waals surface area (Å²) in [5, 5.41) is -0.676. The minimum Gasteiger partial charge on any atom is -0.415 e. The number of hydrogen-bond donors (Lipinski definition) is 1. The molecule has 0 amide bonds. The van der Waals surface area contributed by atoms with Crippen LogP contribution in [0.2, 0.25) is 0 Å². The summed E-state index contributed by atoms with van der Waals surface area (Å²) >= 11 is 7.33. The van der Waals surface area contributed by atoms with Gasteiger partial charge in [0.2, 0.25) is 0 Å². The highest BCUT2D eigenvalue weighted by molar-refractivity contribution is 7.96. The zero-order valence-corrected chi connectivity index (χ0v) is 4.46. The Morgan fingerprint density at radius 2 is 2.50 bits per heavy atom. The Labute approximate surface area is 45.9 Å². The molecule has 6 heavy (non-hydrogen) atoms. The number of thiocarbonyl (C=S) groups is 1. The molecular weight excluding hydrogens is 120 g/mol. The van der Waals surface area contributed by atoms with Gasteiger partial charge in [0, 0.05) is 0 Å². The van der Waals surface area contributed by atoms with Crippen LogP contribution in [0.15, 0.2) is 0 Å². The van der Waals surface area contributed by atoms with Crippen molar-refractivity contribution in [2.45, 2.75) is 0 Å². The van der Waals surface area contributed by atoms with Crippen LogP contribution in [0, 0.1) is 0 Å². The van der Waals surface area contributed by atoms with Gasteiger partial charge in [-0.3, -0.25) is 0 Å². The summed E-state index contributed by atoms with van der Waals surface area (Å²) in [6.45, 7) is 0. The van der Waals surface area contributed by atoms with E-state index in [1.165, 1.54) is 0 Å². The lowest BCUT2D eigenvalue weighted by Gasteiger charge is -1.80. The van der Waals surface area contributed by atoms with Gasteiger partial charge in [-0.25, -0.2) is 4.79 Å². The van der Waals surface area contributed by atoms with Gasteiger partial charge in [0.1, 0.15) is 0 Å². The Balaban J connectivity index is 3.05. The van der Waals surface area contributed by atoms with Crippen molar-refractivity contribution in [3.8, 4) is 0 Å². The molecule has 0 saturated heterocycles. The summed E-state index contributed by atoms with van der Waals surface area (Å²) in [6, 6.07) is 0. The summed E-state index contributed by atoms with van der Waals surface area (Å²) in [5.41, 5.74) is 0.856. The summed E-state index contributed by atoms with van der Waals surface area (Å²) in [7, 11) is 0. The second kappa shape index (κ2) is 3.11. The molecule has 0 unspecified atom stereocenters. The first-order chi connectivity index (χ1) is 2.77. The van der Waals surface area contributed by atoms with Crippen molar-refractivity contribution in [1.29, 1.82) is 0 Å². The van der Waals surface area contributed by atoms with Crippen molar-refractivity contribution in [1.82, 2.24) is 0 Å². The number of ether oxygens (including phenoxy) is 1. The number of carbonyl (C=O) groups is 1. The summed E-state index contributed by atoms with van der Waals surface area (Å²) in [5.74, 6) is 0. The second-order valence-corrected chi connectivity index (χ2v) is 1.04. The highest BCUT2D eigenvalue weighted by Crippen LogP contribution is 1.79. The Bertz CT molecular complexity index is 69.9. The third kappa shape index (κ3) is 3.91. The molecule has 0 aromatic rings. The molecule has 0 spiro atoms. The number of carbonyl (C=O) groups excluding carboxylic acids is 1. The van der Waals surface area contributed by atoms with E-state index in [4.69, 9.17) is 0 Å². The molecule has 0 aliphatic rings. The van der Waals surface area contributed by atoms with Crippen LogP contribution >= 0.6 is 24.8 Å². The van der Waals surface area contributed by atoms with E-state index in [-0.39, 0.29) is 0 Å². The van der Waals surface area contributed by atoms with Crippen molar-refractivity contribution in [3.05, 3.63) is 0 Å². The van der Waals surface area contributed by atoms with Gasteiger partial charge in [0.05, 0.1) is 0 Å². The van der Waals surface area contributed by atoms with Crippen molar-refractivity contribution in [3.63, 3.8) is 0 Å². The molecule has 4 heteroatoms. The lowest BCUT2D eigenvalue weighted by atomic mass is 11.5. The van der Waals surface area contributed by atoms with Crippen molar-refractivity contribution < 1.29 is 9.53 Å². The summed E-state index contributed by atoms with van der Waals surface area (Å²) in [4.78, 5) is 9.59. The van der Waals surface area contributed by atoms with E-state index < -0.39 is 5.30 Å². The molecule has 0 bridgehead atoms. The lowest BCUT2D eigenvalue weighted by Crippen LogP contribution is -1.85. The first-order valence-corrected chi connectivity index (χ1v) is 2.02. The minimum atomic E-state index is -0.676. The summed E-state index contributed by atoms with van der Waals surface area (Å²) < 4.78 is 3.96. The van der Waals surface area contributed by atoms with E-state index in [1.807, 2.05) is 0 Å². The molecule has 0 heterocycles. The molecule has 0 saturated carbocycles. The monoisotopic (exact) mass is 122 g/mol. The zero-order valence-electron chi connectivity index (χ0n) is 2.75. The molecule has 0 aliphatic heterocycles. The molecule has 0 aromatic carbocycles. The van der Waals surface area contributed by atoms with Gasteiger partial charge in [-0.05, 0) is 12.2 Å². The van der Waals surface area contributed by atoms with E-state index >= 15 is 0 Å². The van der Waals surface area contributed by atoms with E-state index in [0.29, 0.717) is 0 Å². The maximum Gasteiger partial charge on any atom is 0.369 e. The Kier molecular flexibility index (Phi) is 3.07.